The van der Waals surface area contributed by atoms with E-state index in [4.69, 9.17) is 0 Å². The van der Waals surface area contributed by atoms with Gasteiger partial charge in [-0.15, -0.1) is 0 Å². The van der Waals surface area contributed by atoms with Crippen molar-refractivity contribution in [3.05, 3.63) is 204 Å². The molecule has 0 aliphatic heterocycles. The molecule has 1 aromatic heterocycles. The zero-order chi connectivity index (χ0) is 31.4. The van der Waals surface area contributed by atoms with Gasteiger partial charge in [-0.2, -0.15) is 0 Å². The van der Waals surface area contributed by atoms with E-state index in [1.54, 1.807) is 0 Å². The summed E-state index contributed by atoms with van der Waals surface area (Å²) in [5.74, 6) is 0. The van der Waals surface area contributed by atoms with Crippen molar-refractivity contribution in [1.29, 1.82) is 0 Å². The van der Waals surface area contributed by atoms with Gasteiger partial charge in [0.25, 0.3) is 0 Å². The summed E-state index contributed by atoms with van der Waals surface area (Å²) in [6.07, 6.45) is 0. The topological polar surface area (TPSA) is 4.93 Å². The van der Waals surface area contributed by atoms with Crippen molar-refractivity contribution in [1.82, 2.24) is 4.57 Å². The van der Waals surface area contributed by atoms with E-state index in [0.717, 1.165) is 5.69 Å². The smallest absolute Gasteiger partial charge is 0.139 e. The number of hydrogen-bond acceptors (Lipinski definition) is 0. The molecule has 0 saturated heterocycles. The third-order valence-electron chi connectivity index (χ3n) is 9.93. The summed E-state index contributed by atoms with van der Waals surface area (Å²) < 4.78 is 2.49. The molecule has 7 aromatic carbocycles. The van der Waals surface area contributed by atoms with E-state index in [1.807, 2.05) is 0 Å². The number of benzene rings is 7. The molecule has 0 unspecified atom stereocenters. The van der Waals surface area contributed by atoms with Crippen molar-refractivity contribution in [3.63, 3.8) is 0 Å². The quantitative estimate of drug-likeness (QED) is 0.174. The second kappa shape index (κ2) is 10.9. The van der Waals surface area contributed by atoms with Crippen LogP contribution in [0.4, 0.5) is 0 Å². The van der Waals surface area contributed by atoms with Crippen molar-refractivity contribution in [2.75, 3.05) is 0 Å². The predicted molar refractivity (Wildman–Crippen MR) is 200 cm³/mol. The zero-order valence-corrected chi connectivity index (χ0v) is 26.3. The van der Waals surface area contributed by atoms with E-state index < -0.39 is 5.41 Å². The predicted octanol–water partition coefficient (Wildman–Crippen LogP) is 9.59. The average Bonchev–Trinajstić information content (AvgIpc) is 3.63. The summed E-state index contributed by atoms with van der Waals surface area (Å²) >= 11 is 0. The lowest BCUT2D eigenvalue weighted by Gasteiger charge is -2.34. The number of rotatable bonds is 5. The molecule has 1 aliphatic carbocycles. The summed E-state index contributed by atoms with van der Waals surface area (Å²) in [6.45, 7) is 0. The van der Waals surface area contributed by atoms with Crippen LogP contribution in [0.3, 0.4) is 0 Å². The van der Waals surface area contributed by atoms with Gasteiger partial charge in [-0.05, 0) is 62.7 Å². The van der Waals surface area contributed by atoms with E-state index in [9.17, 15) is 0 Å². The molecule has 0 radical (unpaired) electrons. The van der Waals surface area contributed by atoms with Crippen LogP contribution in [-0.4, -0.2) is 12.4 Å². The molecular formula is C45H32BN. The van der Waals surface area contributed by atoms with Crippen LogP contribution in [0, 0.1) is 0 Å². The molecule has 2 heteroatoms. The molecule has 8 aromatic rings. The Hall–Kier alpha value is -5.86. The largest absolute Gasteiger partial charge is 0.309 e. The molecule has 0 fully saturated rings. The second-order valence-corrected chi connectivity index (χ2v) is 12.6. The minimum absolute atomic E-state index is 0.465. The SMILES string of the molecule is Bc1ccc2c(c1)C(c1ccccc1)(c1ccccc1)c1cc(-n3c(-c4ccccc4)c(-c4ccccc4)c4ccccc43)ccc1-2. The van der Waals surface area contributed by atoms with Crippen LogP contribution in [0.2, 0.25) is 0 Å². The van der Waals surface area contributed by atoms with Gasteiger partial charge in [0.15, 0.2) is 0 Å². The second-order valence-electron chi connectivity index (χ2n) is 12.6. The van der Waals surface area contributed by atoms with Crippen molar-refractivity contribution in [3.8, 4) is 39.2 Å². The van der Waals surface area contributed by atoms with Crippen molar-refractivity contribution in [2.45, 2.75) is 5.41 Å². The van der Waals surface area contributed by atoms with Crippen molar-refractivity contribution < 1.29 is 0 Å². The van der Waals surface area contributed by atoms with Crippen LogP contribution in [-0.2, 0) is 5.41 Å². The van der Waals surface area contributed by atoms with E-state index in [1.165, 1.54) is 72.1 Å². The Morgan fingerprint density at radius 3 is 1.60 bits per heavy atom. The lowest BCUT2D eigenvalue weighted by Crippen LogP contribution is -2.29. The van der Waals surface area contributed by atoms with Gasteiger partial charge in [0.2, 0.25) is 0 Å². The van der Waals surface area contributed by atoms with Gasteiger partial charge in [-0.3, -0.25) is 0 Å². The highest BCUT2D eigenvalue weighted by Gasteiger charge is 2.46. The molecule has 1 aliphatic rings. The maximum absolute atomic E-state index is 2.49. The van der Waals surface area contributed by atoms with Gasteiger partial charge in [-0.1, -0.05) is 169 Å². The van der Waals surface area contributed by atoms with Crippen LogP contribution in [0.5, 0.6) is 0 Å². The maximum atomic E-state index is 2.49. The first-order valence-electron chi connectivity index (χ1n) is 16.4. The summed E-state index contributed by atoms with van der Waals surface area (Å²) in [6, 6.07) is 66.8. The maximum Gasteiger partial charge on any atom is 0.139 e. The van der Waals surface area contributed by atoms with Crippen LogP contribution in [0.25, 0.3) is 50.1 Å². The van der Waals surface area contributed by atoms with E-state index in [2.05, 4.69) is 194 Å². The molecule has 220 valence electrons. The molecule has 0 spiro atoms. The minimum atomic E-state index is -0.465. The Balaban J connectivity index is 1.41. The van der Waals surface area contributed by atoms with E-state index in [0.29, 0.717) is 0 Å². The standard InChI is InChI=1S/C45H32BN/c46-35-25-27-37-38-28-26-36(30-41(38)45(40(37)29-35,33-19-9-3-10-20-33)34-21-11-4-12-22-34)47-42-24-14-13-23-39(42)43(31-15-5-1-6-16-31)44(47)32-17-7-2-8-18-32/h1-30H,46H2. The first-order chi connectivity index (χ1) is 23.2. The van der Waals surface area contributed by atoms with Crippen LogP contribution in [0.15, 0.2) is 182 Å². The first kappa shape index (κ1) is 27.5. The van der Waals surface area contributed by atoms with E-state index in [-0.39, 0.29) is 0 Å². The Bertz CT molecular complexity index is 2350. The Labute approximate surface area is 276 Å². The monoisotopic (exact) mass is 597 g/mol. The molecule has 0 saturated carbocycles. The fraction of sp³-hybridized carbons (Fsp3) is 0.0222. The molecule has 1 heterocycles. The molecule has 0 amide bonds. The Morgan fingerprint density at radius 2 is 0.957 bits per heavy atom. The van der Waals surface area contributed by atoms with E-state index >= 15 is 0 Å². The number of nitrogens with zero attached hydrogens (tertiary/aromatic N) is 1. The minimum Gasteiger partial charge on any atom is -0.309 e. The highest BCUT2D eigenvalue weighted by molar-refractivity contribution is 6.32. The molecule has 47 heavy (non-hydrogen) atoms. The van der Waals surface area contributed by atoms with Gasteiger partial charge < -0.3 is 4.57 Å². The molecule has 1 nitrogen and oxygen atoms in total. The van der Waals surface area contributed by atoms with Crippen LogP contribution < -0.4 is 5.46 Å². The summed E-state index contributed by atoms with van der Waals surface area (Å²) in [5.41, 5.74) is 15.8. The Morgan fingerprint density at radius 1 is 0.447 bits per heavy atom. The molecule has 0 N–H and O–H groups in total. The van der Waals surface area contributed by atoms with Crippen molar-refractivity contribution >= 4 is 24.2 Å². The molecule has 0 atom stereocenters. The van der Waals surface area contributed by atoms with Crippen LogP contribution in [0.1, 0.15) is 22.3 Å². The third-order valence-corrected chi connectivity index (χ3v) is 9.93. The fourth-order valence-corrected chi connectivity index (χ4v) is 8.00. The fourth-order valence-electron chi connectivity index (χ4n) is 8.00. The highest BCUT2D eigenvalue weighted by Crippen LogP contribution is 2.56. The molecule has 0 bridgehead atoms. The number of hydrogen-bond donors (Lipinski definition) is 0. The third kappa shape index (κ3) is 4.11. The van der Waals surface area contributed by atoms with Crippen molar-refractivity contribution in [2.24, 2.45) is 0 Å². The normalized spacial score (nSPS) is 12.9. The van der Waals surface area contributed by atoms with Gasteiger partial charge in [-0.25, -0.2) is 0 Å². The first-order valence-corrected chi connectivity index (χ1v) is 16.4. The Kier molecular flexibility index (Phi) is 6.36. The van der Waals surface area contributed by atoms with Gasteiger partial charge in [0.05, 0.1) is 16.6 Å². The molecular weight excluding hydrogens is 565 g/mol. The summed E-state index contributed by atoms with van der Waals surface area (Å²) in [5, 5.41) is 1.24. The number of fused-ring (bicyclic) bond motifs is 4. The lowest BCUT2D eigenvalue weighted by molar-refractivity contribution is 0.768. The molecule has 9 rings (SSSR count). The lowest BCUT2D eigenvalue weighted by atomic mass is 9.67. The number of para-hydroxylation sites is 1. The van der Waals surface area contributed by atoms with Gasteiger partial charge in [0.1, 0.15) is 7.85 Å². The average molecular weight is 598 g/mol. The highest BCUT2D eigenvalue weighted by atomic mass is 15.0. The van der Waals surface area contributed by atoms with Gasteiger partial charge in [0, 0.05) is 16.6 Å². The van der Waals surface area contributed by atoms with Gasteiger partial charge >= 0.3 is 0 Å². The summed E-state index contributed by atoms with van der Waals surface area (Å²) in [7, 11) is 2.21. The number of aromatic nitrogens is 1. The zero-order valence-electron chi connectivity index (χ0n) is 26.3. The van der Waals surface area contributed by atoms with Crippen LogP contribution >= 0.6 is 0 Å². The summed E-state index contributed by atoms with van der Waals surface area (Å²) in [4.78, 5) is 0.